The van der Waals surface area contributed by atoms with Crippen molar-refractivity contribution in [3.63, 3.8) is 0 Å². The van der Waals surface area contributed by atoms with E-state index in [1.165, 1.54) is 5.56 Å². The highest BCUT2D eigenvalue weighted by atomic mass is 14.7. The smallest absolute Gasteiger partial charge is 0.0382 e. The molecule has 0 amide bonds. The van der Waals surface area contributed by atoms with Crippen molar-refractivity contribution in [1.82, 2.24) is 4.98 Å². The van der Waals surface area contributed by atoms with Crippen LogP contribution in [0, 0.1) is 13.8 Å². The zero-order valence-electron chi connectivity index (χ0n) is 8.99. The molecule has 15 heavy (non-hydrogen) atoms. The van der Waals surface area contributed by atoms with Crippen LogP contribution in [0.2, 0.25) is 0 Å². The average molecular weight is 198 g/mol. The van der Waals surface area contributed by atoms with Crippen LogP contribution in [-0.2, 0) is 0 Å². The lowest BCUT2D eigenvalue weighted by Crippen LogP contribution is -1.89. The Bertz CT molecular complexity index is 469. The van der Waals surface area contributed by atoms with Gasteiger partial charge in [0.15, 0.2) is 0 Å². The van der Waals surface area contributed by atoms with Crippen LogP contribution in [-0.4, -0.2) is 4.98 Å². The van der Waals surface area contributed by atoms with Gasteiger partial charge in [-0.05, 0) is 49.2 Å². The lowest BCUT2D eigenvalue weighted by molar-refractivity contribution is 1.12. The maximum Gasteiger partial charge on any atom is 0.0382 e. The molecule has 1 heterocycles. The highest BCUT2D eigenvalue weighted by Crippen LogP contribution is 2.22. The minimum absolute atomic E-state index is 0.791. The minimum Gasteiger partial charge on any atom is -0.399 e. The number of nitrogens with zero attached hydrogens (tertiary/aromatic N) is 1. The summed E-state index contributed by atoms with van der Waals surface area (Å²) in [5.41, 5.74) is 10.9. The molecule has 0 aliphatic heterocycles. The number of rotatable bonds is 1. The molecular weight excluding hydrogens is 184 g/mol. The second-order valence-electron chi connectivity index (χ2n) is 3.76. The third-order valence-electron chi connectivity index (χ3n) is 2.30. The molecule has 0 radical (unpaired) electrons. The van der Waals surface area contributed by atoms with Crippen LogP contribution in [0.3, 0.4) is 0 Å². The summed E-state index contributed by atoms with van der Waals surface area (Å²) in [5.74, 6) is 0. The van der Waals surface area contributed by atoms with Crippen LogP contribution in [0.1, 0.15) is 11.4 Å². The first-order valence-electron chi connectivity index (χ1n) is 4.96. The standard InChI is InChI=1S/C13H14N2/c1-9-6-12(7-10(2)15-9)11-4-3-5-13(14)8-11/h3-8H,14H2,1-2H3. The monoisotopic (exact) mass is 198 g/mol. The van der Waals surface area contributed by atoms with Crippen LogP contribution in [0.5, 0.6) is 0 Å². The molecule has 1 aromatic heterocycles. The molecule has 2 heteroatoms. The second kappa shape index (κ2) is 3.73. The van der Waals surface area contributed by atoms with Gasteiger partial charge in [-0.3, -0.25) is 4.98 Å². The van der Waals surface area contributed by atoms with Crippen LogP contribution in [0.25, 0.3) is 11.1 Å². The van der Waals surface area contributed by atoms with Gasteiger partial charge in [0.25, 0.3) is 0 Å². The molecule has 0 bridgehead atoms. The number of pyridine rings is 1. The van der Waals surface area contributed by atoms with Gasteiger partial charge in [-0.15, -0.1) is 0 Å². The Morgan fingerprint density at radius 2 is 1.60 bits per heavy atom. The number of benzene rings is 1. The first kappa shape index (κ1) is 9.71. The maximum atomic E-state index is 5.76. The molecule has 0 atom stereocenters. The SMILES string of the molecule is Cc1cc(-c2cccc(N)c2)cc(C)n1. The van der Waals surface area contributed by atoms with E-state index < -0.39 is 0 Å². The van der Waals surface area contributed by atoms with Gasteiger partial charge in [-0.2, -0.15) is 0 Å². The molecule has 2 nitrogen and oxygen atoms in total. The number of anilines is 1. The van der Waals surface area contributed by atoms with E-state index in [9.17, 15) is 0 Å². The molecule has 1 aromatic carbocycles. The second-order valence-corrected chi connectivity index (χ2v) is 3.76. The highest BCUT2D eigenvalue weighted by molar-refractivity contribution is 5.67. The molecular formula is C13H14N2. The van der Waals surface area contributed by atoms with E-state index in [4.69, 9.17) is 5.73 Å². The Morgan fingerprint density at radius 1 is 0.933 bits per heavy atom. The number of hydrogen-bond donors (Lipinski definition) is 1. The summed E-state index contributed by atoms with van der Waals surface area (Å²) in [5, 5.41) is 0. The predicted octanol–water partition coefficient (Wildman–Crippen LogP) is 2.95. The Balaban J connectivity index is 2.54. The minimum atomic E-state index is 0.791. The van der Waals surface area contributed by atoms with Crippen molar-refractivity contribution in [2.45, 2.75) is 13.8 Å². The van der Waals surface area contributed by atoms with Crippen molar-refractivity contribution in [1.29, 1.82) is 0 Å². The molecule has 2 rings (SSSR count). The largest absolute Gasteiger partial charge is 0.399 e. The molecule has 0 saturated carbocycles. The summed E-state index contributed by atoms with van der Waals surface area (Å²) in [4.78, 5) is 4.35. The van der Waals surface area contributed by atoms with E-state index in [-0.39, 0.29) is 0 Å². The maximum absolute atomic E-state index is 5.76. The van der Waals surface area contributed by atoms with Crippen LogP contribution in [0.4, 0.5) is 5.69 Å². The van der Waals surface area contributed by atoms with Gasteiger partial charge in [-0.1, -0.05) is 12.1 Å². The highest BCUT2D eigenvalue weighted by Gasteiger charge is 2.00. The average Bonchev–Trinajstić information content (AvgIpc) is 2.16. The van der Waals surface area contributed by atoms with E-state index in [1.54, 1.807) is 0 Å². The van der Waals surface area contributed by atoms with Crippen molar-refractivity contribution in [2.24, 2.45) is 0 Å². The van der Waals surface area contributed by atoms with Gasteiger partial charge in [0.2, 0.25) is 0 Å². The molecule has 0 unspecified atom stereocenters. The Morgan fingerprint density at radius 3 is 2.20 bits per heavy atom. The van der Waals surface area contributed by atoms with Crippen molar-refractivity contribution < 1.29 is 0 Å². The van der Waals surface area contributed by atoms with Crippen molar-refractivity contribution in [3.8, 4) is 11.1 Å². The Labute approximate surface area is 89.8 Å². The third-order valence-corrected chi connectivity index (χ3v) is 2.30. The van der Waals surface area contributed by atoms with Gasteiger partial charge in [0.1, 0.15) is 0 Å². The lowest BCUT2D eigenvalue weighted by atomic mass is 10.0. The zero-order chi connectivity index (χ0) is 10.8. The molecule has 0 aliphatic carbocycles. The topological polar surface area (TPSA) is 38.9 Å². The van der Waals surface area contributed by atoms with E-state index in [0.717, 1.165) is 22.6 Å². The Hall–Kier alpha value is -1.83. The molecule has 2 N–H and O–H groups in total. The predicted molar refractivity (Wildman–Crippen MR) is 63.6 cm³/mol. The van der Waals surface area contributed by atoms with E-state index in [0.29, 0.717) is 0 Å². The van der Waals surface area contributed by atoms with Crippen molar-refractivity contribution in [3.05, 3.63) is 47.8 Å². The first-order chi connectivity index (χ1) is 7.15. The van der Waals surface area contributed by atoms with Crippen LogP contribution in [0.15, 0.2) is 36.4 Å². The van der Waals surface area contributed by atoms with E-state index >= 15 is 0 Å². The van der Waals surface area contributed by atoms with Gasteiger partial charge in [0, 0.05) is 17.1 Å². The van der Waals surface area contributed by atoms with Gasteiger partial charge >= 0.3 is 0 Å². The number of hydrogen-bond acceptors (Lipinski definition) is 2. The number of aryl methyl sites for hydroxylation is 2. The fourth-order valence-electron chi connectivity index (χ4n) is 1.72. The zero-order valence-corrected chi connectivity index (χ0v) is 8.99. The summed E-state index contributed by atoms with van der Waals surface area (Å²) < 4.78 is 0. The summed E-state index contributed by atoms with van der Waals surface area (Å²) in [7, 11) is 0. The summed E-state index contributed by atoms with van der Waals surface area (Å²) in [6, 6.07) is 12.0. The quantitative estimate of drug-likeness (QED) is 0.715. The number of aromatic nitrogens is 1. The fourth-order valence-corrected chi connectivity index (χ4v) is 1.72. The fraction of sp³-hybridized carbons (Fsp3) is 0.154. The van der Waals surface area contributed by atoms with Crippen molar-refractivity contribution >= 4 is 5.69 Å². The van der Waals surface area contributed by atoms with E-state index in [1.807, 2.05) is 32.0 Å². The molecule has 0 fully saturated rings. The summed E-state index contributed by atoms with van der Waals surface area (Å²) in [6.45, 7) is 4.01. The number of nitrogen functional groups attached to an aromatic ring is 1. The van der Waals surface area contributed by atoms with Gasteiger partial charge < -0.3 is 5.73 Å². The molecule has 0 spiro atoms. The molecule has 0 aliphatic rings. The third kappa shape index (κ3) is 2.15. The molecule has 0 saturated heterocycles. The van der Waals surface area contributed by atoms with Gasteiger partial charge in [-0.25, -0.2) is 0 Å². The van der Waals surface area contributed by atoms with E-state index in [2.05, 4.69) is 23.2 Å². The van der Waals surface area contributed by atoms with Gasteiger partial charge in [0.05, 0.1) is 0 Å². The number of nitrogens with two attached hydrogens (primary N) is 1. The summed E-state index contributed by atoms with van der Waals surface area (Å²) in [6.07, 6.45) is 0. The normalized spacial score (nSPS) is 10.3. The molecule has 2 aromatic rings. The summed E-state index contributed by atoms with van der Waals surface area (Å²) >= 11 is 0. The van der Waals surface area contributed by atoms with Crippen LogP contribution >= 0.6 is 0 Å². The van der Waals surface area contributed by atoms with Crippen LogP contribution < -0.4 is 5.73 Å². The first-order valence-corrected chi connectivity index (χ1v) is 4.96. The lowest BCUT2D eigenvalue weighted by Gasteiger charge is -2.05. The van der Waals surface area contributed by atoms with Crippen molar-refractivity contribution in [2.75, 3.05) is 5.73 Å². The Kier molecular flexibility index (Phi) is 2.42. The molecule has 76 valence electrons.